The molecular formula is C45H45FN2O5. The van der Waals surface area contributed by atoms with Crippen LogP contribution in [0.1, 0.15) is 48.8 Å². The number of allylic oxidation sites excluding steroid dienone is 1. The molecule has 272 valence electrons. The summed E-state index contributed by atoms with van der Waals surface area (Å²) in [6.45, 7) is 3.26. The van der Waals surface area contributed by atoms with Crippen LogP contribution >= 0.6 is 0 Å². The summed E-state index contributed by atoms with van der Waals surface area (Å²) >= 11 is 0. The molecule has 4 atom stereocenters. The number of carbonyl (C=O) groups excluding carboxylic acids is 2. The van der Waals surface area contributed by atoms with Gasteiger partial charge < -0.3 is 14.6 Å². The summed E-state index contributed by atoms with van der Waals surface area (Å²) in [5, 5.41) is 9.77. The van der Waals surface area contributed by atoms with E-state index in [1.165, 1.54) is 17.7 Å². The van der Waals surface area contributed by atoms with Crippen molar-refractivity contribution in [1.29, 1.82) is 0 Å². The first-order valence-electron chi connectivity index (χ1n) is 18.8. The lowest BCUT2D eigenvalue weighted by atomic mass is 9.69. The lowest BCUT2D eigenvalue weighted by molar-refractivity contribution is -0.144. The predicted octanol–water partition coefficient (Wildman–Crippen LogP) is 7.91. The zero-order valence-electron chi connectivity index (χ0n) is 29.8. The normalized spacial score (nSPS) is 23.7. The Morgan fingerprint density at radius 3 is 2.28 bits per heavy atom. The van der Waals surface area contributed by atoms with Crippen molar-refractivity contribution < 1.29 is 28.6 Å². The van der Waals surface area contributed by atoms with Gasteiger partial charge in [-0.3, -0.25) is 19.4 Å². The second kappa shape index (κ2) is 15.5. The quantitative estimate of drug-likeness (QED) is 0.0968. The third-order valence-corrected chi connectivity index (χ3v) is 11.5. The maximum absolute atomic E-state index is 14.4. The number of carbonyl (C=O) groups is 2. The number of phenols is 1. The van der Waals surface area contributed by atoms with Gasteiger partial charge in [0.2, 0.25) is 11.8 Å². The van der Waals surface area contributed by atoms with Crippen molar-refractivity contribution in [3.63, 3.8) is 0 Å². The number of aromatic hydroxyl groups is 1. The summed E-state index contributed by atoms with van der Waals surface area (Å²) in [7, 11) is 0. The van der Waals surface area contributed by atoms with Crippen LogP contribution in [0.25, 0.3) is 11.6 Å². The molecule has 1 aliphatic carbocycles. The maximum atomic E-state index is 14.4. The van der Waals surface area contributed by atoms with Crippen molar-refractivity contribution in [3.05, 3.63) is 143 Å². The van der Waals surface area contributed by atoms with Gasteiger partial charge >= 0.3 is 0 Å². The van der Waals surface area contributed by atoms with Crippen LogP contribution < -0.4 is 4.74 Å². The highest BCUT2D eigenvalue weighted by molar-refractivity contribution is 6.06. The summed E-state index contributed by atoms with van der Waals surface area (Å²) in [5.41, 5.74) is 6.10. The molecule has 4 aromatic rings. The molecule has 3 saturated heterocycles. The summed E-state index contributed by atoms with van der Waals surface area (Å²) in [6.07, 6.45) is 5.01. The number of halogens is 1. The minimum Gasteiger partial charge on any atom is -0.505 e. The summed E-state index contributed by atoms with van der Waals surface area (Å²) < 4.78 is 27.2. The van der Waals surface area contributed by atoms with Crippen LogP contribution in [-0.2, 0) is 20.9 Å². The number of likely N-dealkylation sites (tertiary alicyclic amines) is 2. The largest absolute Gasteiger partial charge is 0.505 e. The van der Waals surface area contributed by atoms with Crippen LogP contribution in [0.2, 0.25) is 0 Å². The lowest BCUT2D eigenvalue weighted by Gasteiger charge is -2.36. The second-order valence-electron chi connectivity index (χ2n) is 14.8. The number of hydrogen-bond acceptors (Lipinski definition) is 6. The fourth-order valence-electron chi connectivity index (χ4n) is 8.91. The Morgan fingerprint density at radius 2 is 1.57 bits per heavy atom. The molecule has 3 fully saturated rings. The van der Waals surface area contributed by atoms with Crippen LogP contribution in [-0.4, -0.2) is 65.2 Å². The smallest absolute Gasteiger partial charge is 0.234 e. The summed E-state index contributed by atoms with van der Waals surface area (Å²) in [6, 6.07) is 34.4. The molecule has 53 heavy (non-hydrogen) atoms. The van der Waals surface area contributed by atoms with Gasteiger partial charge in [0.05, 0.1) is 24.5 Å². The first-order chi connectivity index (χ1) is 25.9. The first-order valence-corrected chi connectivity index (χ1v) is 18.8. The highest BCUT2D eigenvalue weighted by atomic mass is 19.1. The van der Waals surface area contributed by atoms with Crippen LogP contribution in [0.15, 0.2) is 120 Å². The zero-order valence-corrected chi connectivity index (χ0v) is 29.8. The number of amides is 2. The Bertz CT molecular complexity index is 1990. The minimum atomic E-state index is -0.666. The SMILES string of the molecule is O=C1[C@@H]2[C@@H](CC(COc3ccccc3)=C3[C@@H](CC/C(=C/c4ccc(O)c(F)c4)c4ccccc4)OC[C@@H]32)C(=O)N1C1CCN(Cc2ccccc2)CC1. The average molecular weight is 713 g/mol. The number of benzene rings is 4. The molecule has 7 nitrogen and oxygen atoms in total. The Morgan fingerprint density at radius 1 is 0.868 bits per heavy atom. The highest BCUT2D eigenvalue weighted by Gasteiger charge is 2.58. The van der Waals surface area contributed by atoms with Gasteiger partial charge in [-0.15, -0.1) is 0 Å². The molecule has 0 spiro atoms. The van der Waals surface area contributed by atoms with E-state index in [9.17, 15) is 19.1 Å². The van der Waals surface area contributed by atoms with Crippen molar-refractivity contribution >= 4 is 23.5 Å². The fraction of sp³-hybridized carbons (Fsp3) is 0.333. The molecule has 0 radical (unpaired) electrons. The topological polar surface area (TPSA) is 79.3 Å². The number of hydrogen-bond donors (Lipinski definition) is 1. The second-order valence-corrected chi connectivity index (χ2v) is 14.8. The Hall–Kier alpha value is -5.05. The monoisotopic (exact) mass is 712 g/mol. The van der Waals surface area contributed by atoms with Gasteiger partial charge in [-0.25, -0.2) is 4.39 Å². The number of piperidine rings is 1. The van der Waals surface area contributed by atoms with Crippen molar-refractivity contribution in [1.82, 2.24) is 9.80 Å². The number of nitrogens with zero attached hydrogens (tertiary/aromatic N) is 2. The Labute approximate surface area is 310 Å². The molecule has 0 unspecified atom stereocenters. The van der Waals surface area contributed by atoms with Gasteiger partial charge in [0.15, 0.2) is 11.6 Å². The third kappa shape index (κ3) is 7.44. The molecule has 0 bridgehead atoms. The number of rotatable bonds is 11. The lowest BCUT2D eigenvalue weighted by Crippen LogP contribution is -2.47. The number of imide groups is 1. The van der Waals surface area contributed by atoms with E-state index in [-0.39, 0.29) is 35.6 Å². The molecule has 4 aromatic carbocycles. The number of fused-ring (bicyclic) bond motifs is 3. The summed E-state index contributed by atoms with van der Waals surface area (Å²) in [4.78, 5) is 32.7. The van der Waals surface area contributed by atoms with E-state index in [4.69, 9.17) is 9.47 Å². The van der Waals surface area contributed by atoms with Crippen LogP contribution in [0.5, 0.6) is 11.5 Å². The van der Waals surface area contributed by atoms with Crippen LogP contribution in [0, 0.1) is 23.6 Å². The van der Waals surface area contributed by atoms with Crippen LogP contribution in [0.3, 0.4) is 0 Å². The van der Waals surface area contributed by atoms with E-state index in [1.54, 1.807) is 11.0 Å². The molecule has 8 rings (SSSR count). The number of para-hydroxylation sites is 1. The molecule has 8 heteroatoms. The molecule has 3 heterocycles. The van der Waals surface area contributed by atoms with Gasteiger partial charge in [0, 0.05) is 31.6 Å². The fourth-order valence-corrected chi connectivity index (χ4v) is 8.91. The van der Waals surface area contributed by atoms with E-state index in [0.717, 1.165) is 60.5 Å². The van der Waals surface area contributed by atoms with E-state index in [0.29, 0.717) is 38.0 Å². The van der Waals surface area contributed by atoms with Crippen molar-refractivity contribution in [2.24, 2.45) is 17.8 Å². The molecular weight excluding hydrogens is 668 g/mol. The number of phenolic OH excluding ortho intramolecular Hbond substituents is 1. The van der Waals surface area contributed by atoms with Gasteiger partial charge in [-0.1, -0.05) is 91.0 Å². The zero-order chi connectivity index (χ0) is 36.3. The van der Waals surface area contributed by atoms with Crippen molar-refractivity contribution in [2.45, 2.75) is 50.8 Å². The number of ether oxygens (including phenoxy) is 2. The summed E-state index contributed by atoms with van der Waals surface area (Å²) in [5.74, 6) is -1.43. The Balaban J connectivity index is 1.03. The van der Waals surface area contributed by atoms with E-state index < -0.39 is 17.7 Å². The standard InChI is InChI=1S/C45H45FN2O5/c46-39-25-31(16-18-40(39)49)24-33(32-12-6-2-7-13-32)17-19-41-42-34(28-52-36-14-8-3-9-15-36)26-37-43(38(42)29-53-41)45(51)48(44(37)50)35-20-22-47(23-21-35)27-30-10-4-1-5-11-30/h1-16,18,24-25,35,37-38,41,43,49H,17,19-23,26-29H2/b33-24-/t37-,38+,41-,43-/m1/s1. The predicted molar refractivity (Wildman–Crippen MR) is 202 cm³/mol. The van der Waals surface area contributed by atoms with Crippen molar-refractivity contribution in [2.75, 3.05) is 26.3 Å². The van der Waals surface area contributed by atoms with Crippen molar-refractivity contribution in [3.8, 4) is 11.5 Å². The highest BCUT2D eigenvalue weighted by Crippen LogP contribution is 2.51. The maximum Gasteiger partial charge on any atom is 0.234 e. The van der Waals surface area contributed by atoms with Gasteiger partial charge in [-0.05, 0) is 89.8 Å². The molecule has 0 saturated carbocycles. The molecule has 2 amide bonds. The van der Waals surface area contributed by atoms with E-state index in [1.807, 2.05) is 72.8 Å². The molecule has 4 aliphatic rings. The minimum absolute atomic E-state index is 0.0448. The molecule has 0 aromatic heterocycles. The van der Waals surface area contributed by atoms with Gasteiger partial charge in [0.1, 0.15) is 12.4 Å². The van der Waals surface area contributed by atoms with Crippen LogP contribution in [0.4, 0.5) is 4.39 Å². The van der Waals surface area contributed by atoms with E-state index >= 15 is 0 Å². The molecule has 1 N–H and O–H groups in total. The molecule has 3 aliphatic heterocycles. The van der Waals surface area contributed by atoms with Gasteiger partial charge in [0.25, 0.3) is 0 Å². The van der Waals surface area contributed by atoms with Gasteiger partial charge in [-0.2, -0.15) is 0 Å². The van der Waals surface area contributed by atoms with E-state index in [2.05, 4.69) is 29.2 Å². The third-order valence-electron chi connectivity index (χ3n) is 11.5. The first kappa shape index (κ1) is 35.0. The average Bonchev–Trinajstić information content (AvgIpc) is 3.72. The Kier molecular flexibility index (Phi) is 10.2.